The van der Waals surface area contributed by atoms with Gasteiger partial charge in [0.05, 0.1) is 29.2 Å². The number of rotatable bonds is 4. The van der Waals surface area contributed by atoms with Gasteiger partial charge >= 0.3 is 6.18 Å². The first-order valence-corrected chi connectivity index (χ1v) is 10.3. The van der Waals surface area contributed by atoms with Gasteiger partial charge in [-0.1, -0.05) is 0 Å². The van der Waals surface area contributed by atoms with E-state index in [1.54, 1.807) is 4.90 Å². The summed E-state index contributed by atoms with van der Waals surface area (Å²) in [6.45, 7) is 2.30. The number of amides is 1. The number of aromatic amines is 1. The van der Waals surface area contributed by atoms with Gasteiger partial charge in [0.2, 0.25) is 0 Å². The lowest BCUT2D eigenvalue weighted by Crippen LogP contribution is -2.46. The zero-order valence-electron chi connectivity index (χ0n) is 18.8. The molecule has 0 spiro atoms. The molecule has 1 aliphatic rings. The minimum atomic E-state index is -4.62. The number of H-pyrrole nitrogens is 1. The molecule has 0 unspecified atom stereocenters. The van der Waals surface area contributed by atoms with E-state index in [4.69, 9.17) is 0 Å². The summed E-state index contributed by atoms with van der Waals surface area (Å²) in [5.41, 5.74) is -0.510. The van der Waals surface area contributed by atoms with E-state index in [1.165, 1.54) is 41.2 Å². The van der Waals surface area contributed by atoms with Crippen molar-refractivity contribution >= 4 is 60.3 Å². The summed E-state index contributed by atoms with van der Waals surface area (Å²) in [5, 5.41) is 11.5. The normalized spacial score (nSPS) is 13.4. The molecule has 5 rings (SSSR count). The van der Waals surface area contributed by atoms with Crippen LogP contribution in [0.2, 0.25) is 0 Å². The Morgan fingerprint density at radius 1 is 1.05 bits per heavy atom. The number of carbonyl (C=O) groups excluding carboxylic acids is 1. The Morgan fingerprint density at radius 2 is 1.78 bits per heavy atom. The molecule has 4 heterocycles. The maximum absolute atomic E-state index is 14.8. The monoisotopic (exact) mass is 582 g/mol. The summed E-state index contributed by atoms with van der Waals surface area (Å²) in [6.07, 6.45) is 0.575. The van der Waals surface area contributed by atoms with Crippen molar-refractivity contribution in [3.8, 4) is 11.3 Å². The predicted octanol–water partition coefficient (Wildman–Crippen LogP) is 4.33. The van der Waals surface area contributed by atoms with Gasteiger partial charge in [-0.3, -0.25) is 14.3 Å². The van der Waals surface area contributed by atoms with Gasteiger partial charge in [0.1, 0.15) is 11.5 Å². The number of carbonyl (C=O) groups is 1. The van der Waals surface area contributed by atoms with Crippen LogP contribution in [-0.2, 0) is 6.18 Å². The molecule has 0 atom stereocenters. The second-order valence-electron chi connectivity index (χ2n) is 7.63. The van der Waals surface area contributed by atoms with Gasteiger partial charge in [-0.25, -0.2) is 14.4 Å². The van der Waals surface area contributed by atoms with Gasteiger partial charge in [-0.15, -0.1) is 37.2 Å². The van der Waals surface area contributed by atoms with Gasteiger partial charge in [-0.05, 0) is 18.2 Å². The number of nitrogens with zero attached hydrogens (tertiary/aromatic N) is 5. The zero-order chi connectivity index (χ0) is 23.9. The molecule has 9 nitrogen and oxygen atoms in total. The highest BCUT2D eigenvalue weighted by atomic mass is 35.5. The molecule has 1 aliphatic heterocycles. The lowest BCUT2D eigenvalue weighted by atomic mass is 10.1. The number of nitrogens with one attached hydrogen (secondary N) is 3. The van der Waals surface area contributed by atoms with Crippen molar-refractivity contribution in [2.75, 3.05) is 31.5 Å². The second kappa shape index (κ2) is 11.9. The Kier molecular flexibility index (Phi) is 9.72. The fourth-order valence-electron chi connectivity index (χ4n) is 3.84. The van der Waals surface area contributed by atoms with E-state index >= 15 is 0 Å². The number of alkyl halides is 3. The van der Waals surface area contributed by atoms with Crippen LogP contribution in [0.5, 0.6) is 0 Å². The van der Waals surface area contributed by atoms with Crippen LogP contribution < -0.4 is 10.6 Å². The largest absolute Gasteiger partial charge is 0.433 e. The summed E-state index contributed by atoms with van der Waals surface area (Å²) in [5.74, 6) is -0.881. The minimum absolute atomic E-state index is 0. The first-order chi connectivity index (χ1) is 16.3. The van der Waals surface area contributed by atoms with Gasteiger partial charge in [0.15, 0.2) is 11.5 Å². The predicted molar refractivity (Wildman–Crippen MR) is 136 cm³/mol. The third-order valence-electron chi connectivity index (χ3n) is 5.49. The van der Waals surface area contributed by atoms with Crippen molar-refractivity contribution in [1.29, 1.82) is 0 Å². The molecule has 3 aromatic heterocycles. The number of halogens is 7. The molecule has 0 bridgehead atoms. The highest BCUT2D eigenvalue weighted by Crippen LogP contribution is 2.36. The van der Waals surface area contributed by atoms with Crippen LogP contribution in [0.1, 0.15) is 16.1 Å². The summed E-state index contributed by atoms with van der Waals surface area (Å²) >= 11 is 0. The van der Waals surface area contributed by atoms with Crippen LogP contribution >= 0.6 is 37.2 Å². The van der Waals surface area contributed by atoms with Crippen molar-refractivity contribution in [1.82, 2.24) is 34.8 Å². The first kappa shape index (κ1) is 30.1. The number of piperazine rings is 1. The number of imidazole rings is 1. The summed E-state index contributed by atoms with van der Waals surface area (Å²) in [7, 11) is 0. The SMILES string of the molecule is Cl.Cl.Cl.O=C(c1ccc(Nc2nccn3c(-c4cn[nH]c4C(F)(F)F)cnc23)cc1F)N1CCNCC1. The van der Waals surface area contributed by atoms with Gasteiger partial charge in [-0.2, -0.15) is 18.3 Å². The molecule has 4 aromatic rings. The molecular formula is C21H21Cl3F4N8O. The molecule has 0 aliphatic carbocycles. The maximum atomic E-state index is 14.8. The molecule has 200 valence electrons. The van der Waals surface area contributed by atoms with E-state index in [0.717, 1.165) is 6.20 Å². The first-order valence-electron chi connectivity index (χ1n) is 10.3. The number of fused-ring (bicyclic) bond motifs is 1. The fraction of sp³-hybridized carbons (Fsp3) is 0.238. The number of hydrogen-bond acceptors (Lipinski definition) is 6. The molecule has 1 fully saturated rings. The van der Waals surface area contributed by atoms with Crippen LogP contribution in [0.3, 0.4) is 0 Å². The van der Waals surface area contributed by atoms with Crippen molar-refractivity contribution < 1.29 is 22.4 Å². The minimum Gasteiger partial charge on any atom is -0.337 e. The van der Waals surface area contributed by atoms with Crippen LogP contribution in [0.25, 0.3) is 16.9 Å². The Hall–Kier alpha value is -3.13. The average molecular weight is 584 g/mol. The molecule has 1 aromatic carbocycles. The van der Waals surface area contributed by atoms with Crippen molar-refractivity contribution in [2.45, 2.75) is 6.18 Å². The molecule has 37 heavy (non-hydrogen) atoms. The van der Waals surface area contributed by atoms with Crippen molar-refractivity contribution in [2.24, 2.45) is 0 Å². The molecular weight excluding hydrogens is 563 g/mol. The van der Waals surface area contributed by atoms with E-state index in [9.17, 15) is 22.4 Å². The number of hydrogen-bond donors (Lipinski definition) is 3. The van der Waals surface area contributed by atoms with Crippen LogP contribution in [0.4, 0.5) is 29.1 Å². The van der Waals surface area contributed by atoms with E-state index in [-0.39, 0.29) is 71.4 Å². The summed E-state index contributed by atoms with van der Waals surface area (Å²) in [6, 6.07) is 4.09. The third-order valence-corrected chi connectivity index (χ3v) is 5.49. The molecule has 1 amide bonds. The van der Waals surface area contributed by atoms with Gasteiger partial charge in [0.25, 0.3) is 5.91 Å². The molecule has 0 saturated carbocycles. The standard InChI is InChI=1S/C21H18F4N8O.3ClH/c22-15-9-12(1-2-13(15)20(34)32-6-3-26-4-7-32)30-18-19-28-11-16(33(19)8-5-27-18)14-10-29-31-17(14)21(23,24)25;;;/h1-2,5,8-11,26H,3-4,6-7H2,(H,27,30)(H,29,31);3*1H. The van der Waals surface area contributed by atoms with Crippen LogP contribution in [0.15, 0.2) is 43.0 Å². The van der Waals surface area contributed by atoms with Crippen molar-refractivity contribution in [3.05, 3.63) is 60.1 Å². The smallest absolute Gasteiger partial charge is 0.337 e. The Morgan fingerprint density at radius 3 is 2.46 bits per heavy atom. The fourth-order valence-corrected chi connectivity index (χ4v) is 3.84. The maximum Gasteiger partial charge on any atom is 0.433 e. The third kappa shape index (κ3) is 5.90. The van der Waals surface area contributed by atoms with Gasteiger partial charge < -0.3 is 15.5 Å². The topological polar surface area (TPSA) is 103 Å². The Balaban J connectivity index is 0.00000160. The number of anilines is 2. The zero-order valence-corrected chi connectivity index (χ0v) is 21.2. The van der Waals surface area contributed by atoms with Gasteiger partial charge in [0, 0.05) is 44.3 Å². The second-order valence-corrected chi connectivity index (χ2v) is 7.63. The lowest BCUT2D eigenvalue weighted by Gasteiger charge is -2.27. The number of benzene rings is 1. The quantitative estimate of drug-likeness (QED) is 0.309. The van der Waals surface area contributed by atoms with E-state index in [0.29, 0.717) is 31.9 Å². The van der Waals surface area contributed by atoms with E-state index < -0.39 is 17.7 Å². The van der Waals surface area contributed by atoms with E-state index in [2.05, 4.69) is 25.7 Å². The number of aromatic nitrogens is 5. The highest BCUT2D eigenvalue weighted by Gasteiger charge is 2.36. The Labute approximate surface area is 226 Å². The highest BCUT2D eigenvalue weighted by molar-refractivity contribution is 5.95. The molecule has 16 heteroatoms. The Bertz CT molecular complexity index is 1370. The summed E-state index contributed by atoms with van der Waals surface area (Å²) in [4.78, 5) is 22.6. The van der Waals surface area contributed by atoms with Crippen molar-refractivity contribution in [3.63, 3.8) is 0 Å². The van der Waals surface area contributed by atoms with Crippen LogP contribution in [0, 0.1) is 5.82 Å². The van der Waals surface area contributed by atoms with E-state index in [1.807, 2.05) is 5.10 Å². The molecule has 0 radical (unpaired) electrons. The lowest BCUT2D eigenvalue weighted by molar-refractivity contribution is -0.140. The summed E-state index contributed by atoms with van der Waals surface area (Å²) < 4.78 is 56.1. The molecule has 1 saturated heterocycles. The molecule has 3 N–H and O–H groups in total. The van der Waals surface area contributed by atoms with Crippen LogP contribution in [-0.4, -0.2) is 61.6 Å². The average Bonchev–Trinajstić information content (AvgIpc) is 3.47.